The molecule has 1 aliphatic carbocycles. The summed E-state index contributed by atoms with van der Waals surface area (Å²) in [4.78, 5) is 14.1. The highest BCUT2D eigenvalue weighted by Crippen LogP contribution is 2.24. The van der Waals surface area contributed by atoms with E-state index >= 15 is 0 Å². The molecule has 0 aliphatic heterocycles. The fourth-order valence-corrected chi connectivity index (χ4v) is 2.70. The molecule has 1 fully saturated rings. The van der Waals surface area contributed by atoms with Gasteiger partial charge in [0.15, 0.2) is 0 Å². The van der Waals surface area contributed by atoms with Gasteiger partial charge in [-0.25, -0.2) is 0 Å². The monoisotopic (exact) mass is 247 g/mol. The first-order valence-corrected chi connectivity index (χ1v) is 6.62. The molecule has 0 unspecified atom stereocenters. The second kappa shape index (κ2) is 5.53. The van der Waals surface area contributed by atoms with E-state index in [0.717, 1.165) is 36.8 Å². The van der Waals surface area contributed by atoms with E-state index in [1.807, 2.05) is 31.2 Å². The van der Waals surface area contributed by atoms with Crippen molar-refractivity contribution < 1.29 is 9.90 Å². The summed E-state index contributed by atoms with van der Waals surface area (Å²) in [5, 5.41) is 10.0. The molecule has 1 N–H and O–H groups in total. The molecule has 1 aromatic rings. The van der Waals surface area contributed by atoms with Crippen molar-refractivity contribution in [2.24, 2.45) is 0 Å². The van der Waals surface area contributed by atoms with Gasteiger partial charge in [0.25, 0.3) is 5.91 Å². The van der Waals surface area contributed by atoms with E-state index in [4.69, 9.17) is 0 Å². The Kier molecular flexibility index (Phi) is 4.02. The van der Waals surface area contributed by atoms with Crippen LogP contribution in [0.5, 0.6) is 0 Å². The number of aryl methyl sites for hydroxylation is 1. The zero-order chi connectivity index (χ0) is 13.1. The molecule has 1 amide bonds. The highest BCUT2D eigenvalue weighted by molar-refractivity contribution is 5.95. The fraction of sp³-hybridized carbons (Fsp3) is 0.533. The van der Waals surface area contributed by atoms with Gasteiger partial charge in [-0.1, -0.05) is 31.0 Å². The van der Waals surface area contributed by atoms with Gasteiger partial charge in [0, 0.05) is 12.6 Å². The molecule has 3 heteroatoms. The van der Waals surface area contributed by atoms with Crippen molar-refractivity contribution in [1.29, 1.82) is 0 Å². The summed E-state index contributed by atoms with van der Waals surface area (Å²) in [7, 11) is 1.80. The first-order valence-electron chi connectivity index (χ1n) is 6.62. The second-order valence-electron chi connectivity index (χ2n) is 5.15. The summed E-state index contributed by atoms with van der Waals surface area (Å²) in [6.45, 7) is 1.94. The van der Waals surface area contributed by atoms with Gasteiger partial charge < -0.3 is 10.0 Å². The Morgan fingerprint density at radius 3 is 2.61 bits per heavy atom. The lowest BCUT2D eigenvalue weighted by Gasteiger charge is -2.35. The zero-order valence-corrected chi connectivity index (χ0v) is 11.1. The quantitative estimate of drug-likeness (QED) is 0.871. The number of aliphatic hydroxyl groups excluding tert-OH is 1. The third-order valence-electron chi connectivity index (χ3n) is 3.89. The maximum absolute atomic E-state index is 12.4. The molecule has 0 spiro atoms. The molecule has 1 aliphatic rings. The standard InChI is InChI=1S/C15H21NO2/c1-11-7-3-4-8-12(11)15(18)16(2)13-9-5-6-10-14(13)17/h3-4,7-8,13-14,17H,5-6,9-10H2,1-2H3/t13-,14-/m0/s1. The molecule has 2 rings (SSSR count). The van der Waals surface area contributed by atoms with Crippen molar-refractivity contribution in [1.82, 2.24) is 4.90 Å². The average Bonchev–Trinajstić information content (AvgIpc) is 2.38. The molecule has 0 aromatic heterocycles. The van der Waals surface area contributed by atoms with Crippen LogP contribution in [0.3, 0.4) is 0 Å². The van der Waals surface area contributed by atoms with Crippen LogP contribution in [0.15, 0.2) is 24.3 Å². The van der Waals surface area contributed by atoms with Crippen molar-refractivity contribution in [3.63, 3.8) is 0 Å². The van der Waals surface area contributed by atoms with Crippen LogP contribution < -0.4 is 0 Å². The highest BCUT2D eigenvalue weighted by Gasteiger charge is 2.30. The number of carbonyl (C=O) groups excluding carboxylic acids is 1. The van der Waals surface area contributed by atoms with Gasteiger partial charge in [0.1, 0.15) is 0 Å². The van der Waals surface area contributed by atoms with E-state index in [-0.39, 0.29) is 18.1 Å². The zero-order valence-electron chi connectivity index (χ0n) is 11.1. The van der Waals surface area contributed by atoms with Crippen molar-refractivity contribution in [3.05, 3.63) is 35.4 Å². The Morgan fingerprint density at radius 1 is 1.28 bits per heavy atom. The summed E-state index contributed by atoms with van der Waals surface area (Å²) in [5.74, 6) is 0.0130. The number of benzene rings is 1. The van der Waals surface area contributed by atoms with Crippen LogP contribution in [0.1, 0.15) is 41.6 Å². The lowest BCUT2D eigenvalue weighted by atomic mass is 9.91. The summed E-state index contributed by atoms with van der Waals surface area (Å²) in [5.41, 5.74) is 1.72. The van der Waals surface area contributed by atoms with Crippen molar-refractivity contribution >= 4 is 5.91 Å². The molecule has 1 aromatic carbocycles. The van der Waals surface area contributed by atoms with Crippen molar-refractivity contribution in [3.8, 4) is 0 Å². The summed E-state index contributed by atoms with van der Waals surface area (Å²) in [6, 6.07) is 7.57. The maximum atomic E-state index is 12.4. The number of carbonyl (C=O) groups is 1. The Morgan fingerprint density at radius 2 is 1.94 bits per heavy atom. The number of rotatable bonds is 2. The van der Waals surface area contributed by atoms with Gasteiger partial charge in [-0.05, 0) is 31.4 Å². The van der Waals surface area contributed by atoms with Crippen LogP contribution in [-0.4, -0.2) is 35.1 Å². The Bertz CT molecular complexity index is 430. The summed E-state index contributed by atoms with van der Waals surface area (Å²) in [6.07, 6.45) is 3.47. The number of hydrogen-bond donors (Lipinski definition) is 1. The average molecular weight is 247 g/mol. The van der Waals surface area contributed by atoms with E-state index in [1.165, 1.54) is 0 Å². The molecule has 0 saturated heterocycles. The maximum Gasteiger partial charge on any atom is 0.254 e. The second-order valence-corrected chi connectivity index (χ2v) is 5.15. The minimum Gasteiger partial charge on any atom is -0.391 e. The Balaban J connectivity index is 2.16. The topological polar surface area (TPSA) is 40.5 Å². The van der Waals surface area contributed by atoms with E-state index < -0.39 is 0 Å². The molecular weight excluding hydrogens is 226 g/mol. The van der Waals surface area contributed by atoms with Gasteiger partial charge >= 0.3 is 0 Å². The van der Waals surface area contributed by atoms with Crippen LogP contribution in [0.4, 0.5) is 0 Å². The third kappa shape index (κ3) is 2.56. The van der Waals surface area contributed by atoms with Gasteiger partial charge in [-0.15, -0.1) is 0 Å². The lowest BCUT2D eigenvalue weighted by molar-refractivity contribution is 0.0267. The van der Waals surface area contributed by atoms with Crippen LogP contribution in [0, 0.1) is 6.92 Å². The number of amides is 1. The third-order valence-corrected chi connectivity index (χ3v) is 3.89. The molecule has 1 saturated carbocycles. The normalized spacial score (nSPS) is 23.7. The molecule has 98 valence electrons. The van der Waals surface area contributed by atoms with E-state index in [0.29, 0.717) is 0 Å². The van der Waals surface area contributed by atoms with Gasteiger partial charge in [-0.3, -0.25) is 4.79 Å². The summed E-state index contributed by atoms with van der Waals surface area (Å²) < 4.78 is 0. The first-order chi connectivity index (χ1) is 8.61. The lowest BCUT2D eigenvalue weighted by Crippen LogP contribution is -2.46. The van der Waals surface area contributed by atoms with E-state index in [9.17, 15) is 9.90 Å². The largest absolute Gasteiger partial charge is 0.391 e. The van der Waals surface area contributed by atoms with Gasteiger partial charge in [-0.2, -0.15) is 0 Å². The predicted octanol–water partition coefficient (Wildman–Crippen LogP) is 2.37. The SMILES string of the molecule is Cc1ccccc1C(=O)N(C)[C@H]1CCCC[C@@H]1O. The number of hydrogen-bond acceptors (Lipinski definition) is 2. The summed E-state index contributed by atoms with van der Waals surface area (Å²) >= 11 is 0. The molecule has 0 bridgehead atoms. The molecule has 0 radical (unpaired) electrons. The van der Waals surface area contributed by atoms with Crippen molar-refractivity contribution in [2.45, 2.75) is 44.8 Å². The molecule has 2 atom stereocenters. The Labute approximate surface area is 108 Å². The van der Waals surface area contributed by atoms with Crippen molar-refractivity contribution in [2.75, 3.05) is 7.05 Å². The number of nitrogens with zero attached hydrogens (tertiary/aromatic N) is 1. The number of likely N-dealkylation sites (N-methyl/N-ethyl adjacent to an activating group) is 1. The minimum absolute atomic E-state index is 0.0130. The van der Waals surface area contributed by atoms with E-state index in [1.54, 1.807) is 11.9 Å². The molecule has 0 heterocycles. The van der Waals surface area contributed by atoms with Crippen LogP contribution >= 0.6 is 0 Å². The number of aliphatic hydroxyl groups is 1. The van der Waals surface area contributed by atoms with Crippen LogP contribution in [0.25, 0.3) is 0 Å². The smallest absolute Gasteiger partial charge is 0.254 e. The molecule has 3 nitrogen and oxygen atoms in total. The van der Waals surface area contributed by atoms with E-state index in [2.05, 4.69) is 0 Å². The minimum atomic E-state index is -0.378. The molecular formula is C15H21NO2. The Hall–Kier alpha value is -1.35. The van der Waals surface area contributed by atoms with Gasteiger partial charge in [0.05, 0.1) is 12.1 Å². The van der Waals surface area contributed by atoms with Crippen LogP contribution in [-0.2, 0) is 0 Å². The molecule has 18 heavy (non-hydrogen) atoms. The highest BCUT2D eigenvalue weighted by atomic mass is 16.3. The fourth-order valence-electron chi connectivity index (χ4n) is 2.70. The van der Waals surface area contributed by atoms with Gasteiger partial charge in [0.2, 0.25) is 0 Å². The first kappa shape index (κ1) is 13.1. The predicted molar refractivity (Wildman–Crippen MR) is 71.5 cm³/mol. The van der Waals surface area contributed by atoms with Crippen LogP contribution in [0.2, 0.25) is 0 Å².